The molecule has 1 N–H and O–H groups in total. The van der Waals surface area contributed by atoms with Crippen LogP contribution in [0.25, 0.3) is 0 Å². The van der Waals surface area contributed by atoms with E-state index in [9.17, 15) is 0 Å². The van der Waals surface area contributed by atoms with Crippen molar-refractivity contribution in [2.45, 2.75) is 52.2 Å². The van der Waals surface area contributed by atoms with E-state index in [4.69, 9.17) is 27.9 Å². The van der Waals surface area contributed by atoms with Gasteiger partial charge in [0.2, 0.25) is 0 Å². The molecule has 2 rings (SSSR count). The molecule has 0 spiro atoms. The molecule has 25 heavy (non-hydrogen) atoms. The maximum absolute atomic E-state index is 6.02. The van der Waals surface area contributed by atoms with E-state index in [1.807, 2.05) is 24.3 Å². The van der Waals surface area contributed by atoms with Gasteiger partial charge in [-0.1, -0.05) is 74.0 Å². The van der Waals surface area contributed by atoms with Gasteiger partial charge < -0.3 is 10.1 Å². The zero-order valence-electron chi connectivity index (χ0n) is 14.9. The number of benzene rings is 2. The Hall–Kier alpha value is -1.22. The van der Waals surface area contributed by atoms with Crippen molar-refractivity contribution in [3.63, 3.8) is 0 Å². The third-order valence-corrected chi connectivity index (χ3v) is 4.84. The van der Waals surface area contributed by atoms with E-state index >= 15 is 0 Å². The summed E-state index contributed by atoms with van der Waals surface area (Å²) in [4.78, 5) is 0. The van der Waals surface area contributed by atoms with Crippen LogP contribution in [-0.2, 0) is 13.2 Å². The minimum Gasteiger partial charge on any atom is -0.489 e. The first-order valence-corrected chi connectivity index (χ1v) is 9.81. The lowest BCUT2D eigenvalue weighted by Gasteiger charge is -2.09. The molecule has 2 nitrogen and oxygen atoms in total. The van der Waals surface area contributed by atoms with Crippen LogP contribution in [0.4, 0.5) is 0 Å². The molecule has 0 amide bonds. The Morgan fingerprint density at radius 3 is 2.28 bits per heavy atom. The van der Waals surface area contributed by atoms with Gasteiger partial charge in [0.15, 0.2) is 0 Å². The van der Waals surface area contributed by atoms with Gasteiger partial charge in [-0.2, -0.15) is 0 Å². The summed E-state index contributed by atoms with van der Waals surface area (Å²) in [5.74, 6) is 0.856. The zero-order valence-corrected chi connectivity index (χ0v) is 16.4. The van der Waals surface area contributed by atoms with Crippen LogP contribution in [0, 0.1) is 0 Å². The molecule has 4 heteroatoms. The highest BCUT2D eigenvalue weighted by Gasteiger charge is 2.01. The zero-order chi connectivity index (χ0) is 17.9. The lowest BCUT2D eigenvalue weighted by Crippen LogP contribution is -2.14. The van der Waals surface area contributed by atoms with Crippen LogP contribution < -0.4 is 10.1 Å². The van der Waals surface area contributed by atoms with E-state index < -0.39 is 0 Å². The van der Waals surface area contributed by atoms with Gasteiger partial charge >= 0.3 is 0 Å². The highest BCUT2D eigenvalue weighted by molar-refractivity contribution is 6.42. The van der Waals surface area contributed by atoms with Crippen molar-refractivity contribution < 1.29 is 4.74 Å². The Bertz CT molecular complexity index is 628. The average Bonchev–Trinajstić information content (AvgIpc) is 2.63. The normalized spacial score (nSPS) is 10.8. The molecule has 0 aliphatic heterocycles. The van der Waals surface area contributed by atoms with Crippen LogP contribution in [0.5, 0.6) is 5.75 Å². The second kappa shape index (κ2) is 11.4. The maximum Gasteiger partial charge on any atom is 0.119 e. The van der Waals surface area contributed by atoms with Crippen LogP contribution in [0.3, 0.4) is 0 Å². The van der Waals surface area contributed by atoms with Crippen LogP contribution in [-0.4, -0.2) is 6.54 Å². The third kappa shape index (κ3) is 7.68. The van der Waals surface area contributed by atoms with Crippen LogP contribution in [0.15, 0.2) is 42.5 Å². The molecule has 0 aliphatic rings. The Labute approximate surface area is 161 Å². The summed E-state index contributed by atoms with van der Waals surface area (Å²) in [6.07, 6.45) is 6.58. The second-order valence-corrected chi connectivity index (χ2v) is 7.09. The molecule has 2 aromatic carbocycles. The van der Waals surface area contributed by atoms with Crippen molar-refractivity contribution in [1.82, 2.24) is 5.32 Å². The Kier molecular flexibility index (Phi) is 9.17. The van der Waals surface area contributed by atoms with Crippen LogP contribution >= 0.6 is 23.2 Å². The largest absolute Gasteiger partial charge is 0.489 e. The van der Waals surface area contributed by atoms with Crippen LogP contribution in [0.1, 0.15) is 50.2 Å². The SMILES string of the molecule is CCCCCCCNCc1ccc(OCc2ccc(Cl)c(Cl)c2)cc1. The minimum atomic E-state index is 0.478. The summed E-state index contributed by atoms with van der Waals surface area (Å²) in [5.41, 5.74) is 2.28. The van der Waals surface area contributed by atoms with Crippen LogP contribution in [0.2, 0.25) is 10.0 Å². The fourth-order valence-electron chi connectivity index (χ4n) is 2.59. The molecule has 0 bridgehead atoms. The molecule has 0 aromatic heterocycles. The van der Waals surface area contributed by atoms with Crippen molar-refractivity contribution in [3.05, 3.63) is 63.6 Å². The Morgan fingerprint density at radius 2 is 1.56 bits per heavy atom. The molecule has 0 unspecified atom stereocenters. The van der Waals surface area contributed by atoms with Crippen molar-refractivity contribution in [2.75, 3.05) is 6.54 Å². The lowest BCUT2D eigenvalue weighted by atomic mass is 10.1. The van der Waals surface area contributed by atoms with Gasteiger partial charge in [0.05, 0.1) is 10.0 Å². The summed E-state index contributed by atoms with van der Waals surface area (Å²) < 4.78 is 5.80. The fraction of sp³-hybridized carbons (Fsp3) is 0.429. The van der Waals surface area contributed by atoms with E-state index in [2.05, 4.69) is 24.4 Å². The van der Waals surface area contributed by atoms with Gasteiger partial charge in [-0.3, -0.25) is 0 Å². The fourth-order valence-corrected chi connectivity index (χ4v) is 2.91. The summed E-state index contributed by atoms with van der Waals surface area (Å²) in [5, 5.41) is 4.62. The first-order valence-electron chi connectivity index (χ1n) is 9.05. The van der Waals surface area contributed by atoms with Crippen molar-refractivity contribution in [1.29, 1.82) is 0 Å². The number of hydrogen-bond donors (Lipinski definition) is 1. The molecule has 0 saturated heterocycles. The highest BCUT2D eigenvalue weighted by Crippen LogP contribution is 2.23. The topological polar surface area (TPSA) is 21.3 Å². The highest BCUT2D eigenvalue weighted by atomic mass is 35.5. The predicted octanol–water partition coefficient (Wildman–Crippen LogP) is 6.63. The number of halogens is 2. The maximum atomic E-state index is 6.02. The lowest BCUT2D eigenvalue weighted by molar-refractivity contribution is 0.306. The Balaban J connectivity index is 1.68. The van der Waals surface area contributed by atoms with E-state index in [-0.39, 0.29) is 0 Å². The number of nitrogens with one attached hydrogen (secondary N) is 1. The van der Waals surface area contributed by atoms with Gasteiger partial charge in [-0.25, -0.2) is 0 Å². The second-order valence-electron chi connectivity index (χ2n) is 6.27. The molecule has 0 fully saturated rings. The van der Waals surface area contributed by atoms with Gasteiger partial charge in [-0.15, -0.1) is 0 Å². The van der Waals surface area contributed by atoms with E-state index in [0.29, 0.717) is 16.7 Å². The standard InChI is InChI=1S/C21H27Cl2NO/c1-2-3-4-5-6-13-24-15-17-7-10-19(11-8-17)25-16-18-9-12-20(22)21(23)14-18/h7-12,14,24H,2-6,13,15-16H2,1H3. The van der Waals surface area contributed by atoms with Crippen molar-refractivity contribution in [2.24, 2.45) is 0 Å². The molecule has 0 saturated carbocycles. The number of unbranched alkanes of at least 4 members (excludes halogenated alkanes) is 4. The Morgan fingerprint density at radius 1 is 0.840 bits per heavy atom. The van der Waals surface area contributed by atoms with E-state index in [1.165, 1.54) is 37.7 Å². The molecular weight excluding hydrogens is 353 g/mol. The summed E-state index contributed by atoms with van der Waals surface area (Å²) in [7, 11) is 0. The molecular formula is C21H27Cl2NO. The molecule has 0 radical (unpaired) electrons. The van der Waals surface area contributed by atoms with Gasteiger partial charge in [0.1, 0.15) is 12.4 Å². The third-order valence-electron chi connectivity index (χ3n) is 4.10. The summed E-state index contributed by atoms with van der Waals surface area (Å²) in [6.45, 7) is 4.71. The smallest absolute Gasteiger partial charge is 0.119 e. The first kappa shape index (κ1) is 20.1. The van der Waals surface area contributed by atoms with Gasteiger partial charge in [0, 0.05) is 6.54 Å². The molecule has 0 atom stereocenters. The van der Waals surface area contributed by atoms with E-state index in [0.717, 1.165) is 24.4 Å². The molecule has 0 heterocycles. The quantitative estimate of drug-likeness (QED) is 0.442. The number of ether oxygens (including phenoxy) is 1. The first-order chi connectivity index (χ1) is 12.2. The molecule has 0 aliphatic carbocycles. The van der Waals surface area contributed by atoms with E-state index in [1.54, 1.807) is 6.07 Å². The summed E-state index contributed by atoms with van der Waals surface area (Å²) >= 11 is 11.9. The van der Waals surface area contributed by atoms with Crippen molar-refractivity contribution >= 4 is 23.2 Å². The molecule has 2 aromatic rings. The number of hydrogen-bond acceptors (Lipinski definition) is 2. The van der Waals surface area contributed by atoms with Crippen molar-refractivity contribution in [3.8, 4) is 5.75 Å². The minimum absolute atomic E-state index is 0.478. The van der Waals surface area contributed by atoms with Gasteiger partial charge in [0.25, 0.3) is 0 Å². The molecule has 136 valence electrons. The monoisotopic (exact) mass is 379 g/mol. The summed E-state index contributed by atoms with van der Waals surface area (Å²) in [6, 6.07) is 13.8. The average molecular weight is 380 g/mol. The predicted molar refractivity (Wildman–Crippen MR) is 108 cm³/mol. The van der Waals surface area contributed by atoms with Gasteiger partial charge in [-0.05, 0) is 48.4 Å². The number of rotatable bonds is 11.